The molecule has 0 bridgehead atoms. The quantitative estimate of drug-likeness (QED) is 0.862. The van der Waals surface area contributed by atoms with Crippen molar-refractivity contribution in [3.63, 3.8) is 0 Å². The second kappa shape index (κ2) is 8.02. The molecule has 1 saturated heterocycles. The van der Waals surface area contributed by atoms with Crippen molar-refractivity contribution in [2.75, 3.05) is 25.5 Å². The minimum Gasteiger partial charge on any atom is -0.382 e. The third-order valence-corrected chi connectivity index (χ3v) is 4.99. The SMILES string of the molecule is CC(C)C(C)Nc1ccc(Cl)c(C(=O)NC2CCN(C)CC2)c1. The summed E-state index contributed by atoms with van der Waals surface area (Å²) >= 11 is 6.23. The fourth-order valence-electron chi connectivity index (χ4n) is 2.63. The van der Waals surface area contributed by atoms with Gasteiger partial charge in [-0.1, -0.05) is 25.4 Å². The Hall–Kier alpha value is -1.26. The molecule has 0 radical (unpaired) electrons. The summed E-state index contributed by atoms with van der Waals surface area (Å²) in [5.41, 5.74) is 1.48. The molecule has 1 amide bonds. The van der Waals surface area contributed by atoms with Gasteiger partial charge in [0.1, 0.15) is 0 Å². The Balaban J connectivity index is 2.04. The van der Waals surface area contributed by atoms with Gasteiger partial charge in [-0.2, -0.15) is 0 Å². The van der Waals surface area contributed by atoms with Crippen LogP contribution < -0.4 is 10.6 Å². The molecule has 2 N–H and O–H groups in total. The number of piperidine rings is 1. The third-order valence-electron chi connectivity index (χ3n) is 4.66. The van der Waals surface area contributed by atoms with Crippen molar-refractivity contribution in [2.24, 2.45) is 5.92 Å². The molecule has 1 aromatic rings. The first-order chi connectivity index (χ1) is 10.9. The first-order valence-corrected chi connectivity index (χ1v) is 8.80. The summed E-state index contributed by atoms with van der Waals surface area (Å²) in [6.45, 7) is 8.51. The average Bonchev–Trinajstić information content (AvgIpc) is 2.51. The topological polar surface area (TPSA) is 44.4 Å². The zero-order valence-corrected chi connectivity index (χ0v) is 15.3. The summed E-state index contributed by atoms with van der Waals surface area (Å²) < 4.78 is 0. The van der Waals surface area contributed by atoms with Crippen molar-refractivity contribution in [1.82, 2.24) is 10.2 Å². The van der Waals surface area contributed by atoms with Crippen LogP contribution in [0, 0.1) is 5.92 Å². The zero-order valence-electron chi connectivity index (χ0n) is 14.5. The van der Waals surface area contributed by atoms with Crippen molar-refractivity contribution in [3.8, 4) is 0 Å². The Kier molecular flexibility index (Phi) is 6.31. The van der Waals surface area contributed by atoms with Crippen LogP contribution in [0.5, 0.6) is 0 Å². The largest absolute Gasteiger partial charge is 0.382 e. The van der Waals surface area contributed by atoms with Gasteiger partial charge >= 0.3 is 0 Å². The number of nitrogens with one attached hydrogen (secondary N) is 2. The molecular weight excluding hydrogens is 310 g/mol. The molecule has 1 aromatic carbocycles. The van der Waals surface area contributed by atoms with Crippen LogP contribution in [0.25, 0.3) is 0 Å². The summed E-state index contributed by atoms with van der Waals surface area (Å²) in [7, 11) is 2.11. The number of anilines is 1. The highest BCUT2D eigenvalue weighted by Gasteiger charge is 2.20. The molecule has 128 valence electrons. The van der Waals surface area contributed by atoms with Gasteiger partial charge in [-0.05, 0) is 64.0 Å². The maximum atomic E-state index is 12.6. The Labute approximate surface area is 144 Å². The van der Waals surface area contributed by atoms with Gasteiger partial charge in [-0.25, -0.2) is 0 Å². The monoisotopic (exact) mass is 337 g/mol. The average molecular weight is 338 g/mol. The first-order valence-electron chi connectivity index (χ1n) is 8.42. The van der Waals surface area contributed by atoms with E-state index >= 15 is 0 Å². The van der Waals surface area contributed by atoms with Gasteiger partial charge in [-0.3, -0.25) is 4.79 Å². The van der Waals surface area contributed by atoms with E-state index in [1.165, 1.54) is 0 Å². The predicted octanol–water partition coefficient (Wildman–Crippen LogP) is 3.62. The second-order valence-corrected chi connectivity index (χ2v) is 7.33. The van der Waals surface area contributed by atoms with E-state index in [1.807, 2.05) is 12.1 Å². The Morgan fingerprint density at radius 3 is 2.52 bits per heavy atom. The number of benzene rings is 1. The van der Waals surface area contributed by atoms with Crippen molar-refractivity contribution in [1.29, 1.82) is 0 Å². The molecule has 0 aliphatic carbocycles. The molecule has 0 spiro atoms. The summed E-state index contributed by atoms with van der Waals surface area (Å²) in [6.07, 6.45) is 1.98. The number of rotatable bonds is 5. The van der Waals surface area contributed by atoms with E-state index in [2.05, 4.69) is 43.4 Å². The molecule has 0 aromatic heterocycles. The Morgan fingerprint density at radius 2 is 1.91 bits per heavy atom. The number of nitrogens with zero attached hydrogens (tertiary/aromatic N) is 1. The number of carbonyl (C=O) groups is 1. The van der Waals surface area contributed by atoms with Gasteiger partial charge < -0.3 is 15.5 Å². The fourth-order valence-corrected chi connectivity index (χ4v) is 2.84. The van der Waals surface area contributed by atoms with Gasteiger partial charge in [0, 0.05) is 17.8 Å². The first kappa shape index (κ1) is 18.1. The van der Waals surface area contributed by atoms with Crippen molar-refractivity contribution in [3.05, 3.63) is 28.8 Å². The molecule has 0 saturated carbocycles. The molecule has 4 nitrogen and oxygen atoms in total. The van der Waals surface area contributed by atoms with Crippen LogP contribution >= 0.6 is 11.6 Å². The molecule has 23 heavy (non-hydrogen) atoms. The number of carbonyl (C=O) groups excluding carboxylic acids is 1. The van der Waals surface area contributed by atoms with Gasteiger partial charge in [0.05, 0.1) is 10.6 Å². The molecule has 2 rings (SSSR count). The van der Waals surface area contributed by atoms with E-state index in [0.29, 0.717) is 22.5 Å². The number of halogens is 1. The highest BCUT2D eigenvalue weighted by molar-refractivity contribution is 6.34. The van der Waals surface area contributed by atoms with Gasteiger partial charge in [0.2, 0.25) is 0 Å². The van der Waals surface area contributed by atoms with Gasteiger partial charge in [0.15, 0.2) is 0 Å². The lowest BCUT2D eigenvalue weighted by Crippen LogP contribution is -2.43. The van der Waals surface area contributed by atoms with Crippen molar-refractivity contribution < 1.29 is 4.79 Å². The van der Waals surface area contributed by atoms with Crippen molar-refractivity contribution in [2.45, 2.75) is 45.7 Å². The van der Waals surface area contributed by atoms with Crippen LogP contribution in [0.2, 0.25) is 5.02 Å². The van der Waals surface area contributed by atoms with Crippen LogP contribution in [0.3, 0.4) is 0 Å². The van der Waals surface area contributed by atoms with E-state index in [0.717, 1.165) is 31.6 Å². The van der Waals surface area contributed by atoms with Crippen LogP contribution in [-0.4, -0.2) is 43.0 Å². The lowest BCUT2D eigenvalue weighted by molar-refractivity contribution is 0.0917. The molecule has 1 unspecified atom stereocenters. The summed E-state index contributed by atoms with van der Waals surface area (Å²) in [6, 6.07) is 6.14. The van der Waals surface area contributed by atoms with Crippen molar-refractivity contribution >= 4 is 23.2 Å². The molecular formula is C18H28ClN3O. The number of hydrogen-bond donors (Lipinski definition) is 2. The summed E-state index contributed by atoms with van der Waals surface area (Å²) in [5.74, 6) is 0.438. The standard InChI is InChI=1S/C18H28ClN3O/c1-12(2)13(3)20-15-5-6-17(19)16(11-15)18(23)21-14-7-9-22(4)10-8-14/h5-6,11-14,20H,7-10H2,1-4H3,(H,21,23). The van der Waals surface area contributed by atoms with Crippen LogP contribution in [0.1, 0.15) is 44.0 Å². The molecule has 1 fully saturated rings. The van der Waals surface area contributed by atoms with E-state index in [1.54, 1.807) is 6.07 Å². The van der Waals surface area contributed by atoms with Gasteiger partial charge in [0.25, 0.3) is 5.91 Å². The number of likely N-dealkylation sites (tertiary alicyclic amines) is 1. The third kappa shape index (κ3) is 5.11. The maximum absolute atomic E-state index is 12.6. The molecule has 1 aliphatic rings. The lowest BCUT2D eigenvalue weighted by Gasteiger charge is -2.29. The fraction of sp³-hybridized carbons (Fsp3) is 0.611. The van der Waals surface area contributed by atoms with Crippen LogP contribution in [0.15, 0.2) is 18.2 Å². The molecule has 1 aliphatic heterocycles. The van der Waals surface area contributed by atoms with Crippen LogP contribution in [0.4, 0.5) is 5.69 Å². The molecule has 1 atom stereocenters. The van der Waals surface area contributed by atoms with Crippen LogP contribution in [-0.2, 0) is 0 Å². The second-order valence-electron chi connectivity index (χ2n) is 6.92. The predicted molar refractivity (Wildman–Crippen MR) is 97.4 cm³/mol. The number of amides is 1. The number of hydrogen-bond acceptors (Lipinski definition) is 3. The minimum atomic E-state index is -0.0783. The van der Waals surface area contributed by atoms with E-state index in [9.17, 15) is 4.79 Å². The highest BCUT2D eigenvalue weighted by Crippen LogP contribution is 2.22. The molecule has 1 heterocycles. The van der Waals surface area contributed by atoms with E-state index in [4.69, 9.17) is 11.6 Å². The summed E-state index contributed by atoms with van der Waals surface area (Å²) in [5, 5.41) is 7.05. The zero-order chi connectivity index (χ0) is 17.0. The Bertz CT molecular complexity index is 539. The highest BCUT2D eigenvalue weighted by atomic mass is 35.5. The summed E-state index contributed by atoms with van der Waals surface area (Å²) in [4.78, 5) is 14.8. The lowest BCUT2D eigenvalue weighted by atomic mass is 10.0. The Morgan fingerprint density at radius 1 is 1.26 bits per heavy atom. The van der Waals surface area contributed by atoms with Gasteiger partial charge in [-0.15, -0.1) is 0 Å². The normalized spacial score (nSPS) is 18.0. The van der Waals surface area contributed by atoms with E-state index < -0.39 is 0 Å². The minimum absolute atomic E-state index is 0.0783. The maximum Gasteiger partial charge on any atom is 0.253 e. The molecule has 5 heteroatoms. The smallest absolute Gasteiger partial charge is 0.253 e. The van der Waals surface area contributed by atoms with E-state index in [-0.39, 0.29) is 11.9 Å².